The number of carbonyl (C=O) groups excluding carboxylic acids is 2. The van der Waals surface area contributed by atoms with Crippen molar-refractivity contribution in [3.05, 3.63) is 12.7 Å². The van der Waals surface area contributed by atoms with Crippen LogP contribution >= 0.6 is 0 Å². The summed E-state index contributed by atoms with van der Waals surface area (Å²) in [6, 6.07) is -1.06. The number of esters is 1. The number of carboxylic acids is 1. The van der Waals surface area contributed by atoms with Crippen molar-refractivity contribution in [3.63, 3.8) is 0 Å². The molecule has 0 aromatic heterocycles. The van der Waals surface area contributed by atoms with Crippen molar-refractivity contribution in [2.75, 3.05) is 7.11 Å². The van der Waals surface area contributed by atoms with Crippen molar-refractivity contribution in [2.24, 2.45) is 0 Å². The summed E-state index contributed by atoms with van der Waals surface area (Å²) in [6.45, 7) is 3.46. The maximum atomic E-state index is 11.3. The van der Waals surface area contributed by atoms with E-state index in [1.165, 1.54) is 7.11 Å². The first-order valence-corrected chi connectivity index (χ1v) is 5.21. The Bertz CT molecular complexity index is 300. The number of methoxy groups -OCH3 is 1. The van der Waals surface area contributed by atoms with E-state index in [9.17, 15) is 14.4 Å². The number of nitrogens with one attached hydrogen (secondary N) is 1. The predicted octanol–water partition coefficient (Wildman–Crippen LogP) is 0.475. The van der Waals surface area contributed by atoms with Crippen LogP contribution in [0.2, 0.25) is 0 Å². The first-order valence-electron chi connectivity index (χ1n) is 5.21. The Hall–Kier alpha value is -1.85. The van der Waals surface area contributed by atoms with Crippen LogP contribution in [0.1, 0.15) is 25.7 Å². The van der Waals surface area contributed by atoms with Crippen molar-refractivity contribution in [3.8, 4) is 0 Å². The molecule has 0 aromatic carbocycles. The molecule has 0 aliphatic carbocycles. The fraction of sp³-hybridized carbons (Fsp3) is 0.545. The van der Waals surface area contributed by atoms with Crippen molar-refractivity contribution < 1.29 is 24.2 Å². The Labute approximate surface area is 99.6 Å². The SMILES string of the molecule is C=CCCC(=O)NC(CCC(=O)OC)C(=O)O. The van der Waals surface area contributed by atoms with Gasteiger partial charge in [0.05, 0.1) is 7.11 Å². The third kappa shape index (κ3) is 7.10. The zero-order valence-electron chi connectivity index (χ0n) is 9.77. The standard InChI is InChI=1S/C11H17NO5/c1-3-4-5-9(13)12-8(11(15)16)6-7-10(14)17-2/h3,8H,1,4-7H2,2H3,(H,12,13)(H,15,16). The van der Waals surface area contributed by atoms with Crippen LogP contribution in [0.4, 0.5) is 0 Å². The number of amides is 1. The van der Waals surface area contributed by atoms with E-state index in [-0.39, 0.29) is 25.2 Å². The lowest BCUT2D eigenvalue weighted by atomic mass is 10.1. The topological polar surface area (TPSA) is 92.7 Å². The molecule has 0 fully saturated rings. The molecule has 0 saturated carbocycles. The van der Waals surface area contributed by atoms with E-state index in [1.807, 2.05) is 0 Å². The van der Waals surface area contributed by atoms with Crippen LogP contribution < -0.4 is 5.32 Å². The van der Waals surface area contributed by atoms with E-state index in [4.69, 9.17) is 5.11 Å². The van der Waals surface area contributed by atoms with Crippen molar-refractivity contribution in [1.29, 1.82) is 0 Å². The monoisotopic (exact) mass is 243 g/mol. The van der Waals surface area contributed by atoms with Gasteiger partial charge in [-0.15, -0.1) is 6.58 Å². The Morgan fingerprint density at radius 3 is 2.53 bits per heavy atom. The summed E-state index contributed by atoms with van der Waals surface area (Å²) < 4.78 is 4.39. The van der Waals surface area contributed by atoms with Gasteiger partial charge in [-0.2, -0.15) is 0 Å². The lowest BCUT2D eigenvalue weighted by Gasteiger charge is -2.13. The summed E-state index contributed by atoms with van der Waals surface area (Å²) in [5, 5.41) is 11.2. The van der Waals surface area contributed by atoms with Crippen molar-refractivity contribution in [1.82, 2.24) is 5.32 Å². The lowest BCUT2D eigenvalue weighted by molar-refractivity contribution is -0.144. The summed E-state index contributed by atoms with van der Waals surface area (Å²) in [4.78, 5) is 33.0. The van der Waals surface area contributed by atoms with Gasteiger partial charge in [-0.25, -0.2) is 4.79 Å². The number of aliphatic carboxylic acids is 1. The van der Waals surface area contributed by atoms with Gasteiger partial charge in [-0.3, -0.25) is 9.59 Å². The van der Waals surface area contributed by atoms with Crippen molar-refractivity contribution in [2.45, 2.75) is 31.7 Å². The third-order valence-electron chi connectivity index (χ3n) is 2.07. The highest BCUT2D eigenvalue weighted by Gasteiger charge is 2.20. The molecule has 0 aliphatic rings. The average Bonchev–Trinajstić information content (AvgIpc) is 2.30. The Morgan fingerprint density at radius 1 is 1.41 bits per heavy atom. The quantitative estimate of drug-likeness (QED) is 0.477. The molecule has 1 unspecified atom stereocenters. The number of carboxylic acid groups (broad SMARTS) is 1. The van der Waals surface area contributed by atoms with Gasteiger partial charge in [-0.05, 0) is 12.8 Å². The van der Waals surface area contributed by atoms with Gasteiger partial charge in [0.1, 0.15) is 6.04 Å². The highest BCUT2D eigenvalue weighted by molar-refractivity contribution is 5.84. The molecule has 1 amide bonds. The summed E-state index contributed by atoms with van der Waals surface area (Å²) in [7, 11) is 1.22. The molecule has 2 N–H and O–H groups in total. The average molecular weight is 243 g/mol. The van der Waals surface area contributed by atoms with Gasteiger partial charge in [0, 0.05) is 12.8 Å². The summed E-state index contributed by atoms with van der Waals surface area (Å²) >= 11 is 0. The molecule has 6 heteroatoms. The van der Waals surface area contributed by atoms with Crippen molar-refractivity contribution >= 4 is 17.8 Å². The Morgan fingerprint density at radius 2 is 2.06 bits per heavy atom. The van der Waals surface area contributed by atoms with E-state index in [0.29, 0.717) is 6.42 Å². The minimum absolute atomic E-state index is 0.0157. The van der Waals surface area contributed by atoms with E-state index in [0.717, 1.165) is 0 Å². The van der Waals surface area contributed by atoms with Crippen LogP contribution in [0.15, 0.2) is 12.7 Å². The number of rotatable bonds is 8. The highest BCUT2D eigenvalue weighted by atomic mass is 16.5. The molecule has 96 valence electrons. The van der Waals surface area contributed by atoms with E-state index < -0.39 is 18.0 Å². The van der Waals surface area contributed by atoms with Crippen LogP contribution in [0.5, 0.6) is 0 Å². The number of carbonyl (C=O) groups is 3. The zero-order valence-corrected chi connectivity index (χ0v) is 9.77. The number of hydrogen-bond acceptors (Lipinski definition) is 4. The molecule has 0 spiro atoms. The van der Waals surface area contributed by atoms with Gasteiger partial charge in [0.25, 0.3) is 0 Å². The first kappa shape index (κ1) is 15.2. The summed E-state index contributed by atoms with van der Waals surface area (Å²) in [6.07, 6.45) is 2.21. The first-order chi connectivity index (χ1) is 8.01. The summed E-state index contributed by atoms with van der Waals surface area (Å²) in [5.41, 5.74) is 0. The maximum Gasteiger partial charge on any atom is 0.326 e. The number of hydrogen-bond donors (Lipinski definition) is 2. The molecule has 6 nitrogen and oxygen atoms in total. The molecule has 0 radical (unpaired) electrons. The molecule has 0 heterocycles. The van der Waals surface area contributed by atoms with E-state index in [2.05, 4.69) is 16.6 Å². The molecule has 0 aromatic rings. The van der Waals surface area contributed by atoms with Gasteiger partial charge in [0.2, 0.25) is 5.91 Å². The van der Waals surface area contributed by atoms with Gasteiger partial charge in [0.15, 0.2) is 0 Å². The van der Waals surface area contributed by atoms with E-state index in [1.54, 1.807) is 6.08 Å². The number of ether oxygens (including phenoxy) is 1. The van der Waals surface area contributed by atoms with Crippen LogP contribution in [0.3, 0.4) is 0 Å². The second-order valence-corrected chi connectivity index (χ2v) is 3.40. The Balaban J connectivity index is 4.15. The summed E-state index contributed by atoms with van der Waals surface area (Å²) in [5.74, 6) is -2.04. The van der Waals surface area contributed by atoms with Crippen LogP contribution in [0, 0.1) is 0 Å². The predicted molar refractivity (Wildman–Crippen MR) is 60.2 cm³/mol. The molecule has 0 saturated heterocycles. The van der Waals surface area contributed by atoms with Crippen LogP contribution in [-0.4, -0.2) is 36.1 Å². The molecular weight excluding hydrogens is 226 g/mol. The molecular formula is C11H17NO5. The van der Waals surface area contributed by atoms with Crippen LogP contribution in [-0.2, 0) is 19.1 Å². The van der Waals surface area contributed by atoms with Gasteiger partial charge < -0.3 is 15.2 Å². The molecule has 0 rings (SSSR count). The minimum Gasteiger partial charge on any atom is -0.480 e. The largest absolute Gasteiger partial charge is 0.480 e. The second kappa shape index (κ2) is 8.32. The zero-order chi connectivity index (χ0) is 13.3. The fourth-order valence-electron chi connectivity index (χ4n) is 1.12. The normalized spacial score (nSPS) is 11.4. The molecule has 17 heavy (non-hydrogen) atoms. The van der Waals surface area contributed by atoms with Gasteiger partial charge >= 0.3 is 11.9 Å². The second-order valence-electron chi connectivity index (χ2n) is 3.40. The maximum absolute atomic E-state index is 11.3. The number of allylic oxidation sites excluding steroid dienone is 1. The van der Waals surface area contributed by atoms with Crippen LogP contribution in [0.25, 0.3) is 0 Å². The smallest absolute Gasteiger partial charge is 0.326 e. The van der Waals surface area contributed by atoms with Gasteiger partial charge in [-0.1, -0.05) is 6.08 Å². The minimum atomic E-state index is -1.17. The molecule has 0 bridgehead atoms. The Kier molecular flexibility index (Phi) is 7.41. The molecule has 0 aliphatic heterocycles. The lowest BCUT2D eigenvalue weighted by Crippen LogP contribution is -2.41. The third-order valence-corrected chi connectivity index (χ3v) is 2.07. The fourth-order valence-corrected chi connectivity index (χ4v) is 1.12. The van der Waals surface area contributed by atoms with E-state index >= 15 is 0 Å². The molecule has 1 atom stereocenters. The highest BCUT2D eigenvalue weighted by Crippen LogP contribution is 2.01.